The van der Waals surface area contributed by atoms with Crippen LogP contribution in [0.1, 0.15) is 17.5 Å². The molecular formula is C8H7ClN4O2. The zero-order chi connectivity index (χ0) is 10.8. The highest BCUT2D eigenvalue weighted by molar-refractivity contribution is 6.30. The molecule has 2 aromatic rings. The Kier molecular flexibility index (Phi) is 2.51. The number of hydrogen-bond acceptors (Lipinski definition) is 5. The lowest BCUT2D eigenvalue weighted by Gasteiger charge is -1.93. The lowest BCUT2D eigenvalue weighted by atomic mass is 10.6. The predicted octanol–water partition coefficient (Wildman–Crippen LogP) is 0.954. The molecule has 0 saturated heterocycles. The Labute approximate surface area is 89.9 Å². The van der Waals surface area contributed by atoms with Crippen LogP contribution in [0.5, 0.6) is 0 Å². The normalized spacial score (nSPS) is 10.5. The van der Waals surface area contributed by atoms with Gasteiger partial charge in [0.15, 0.2) is 0 Å². The molecule has 0 fully saturated rings. The predicted molar refractivity (Wildman–Crippen MR) is 51.7 cm³/mol. The van der Waals surface area contributed by atoms with Crippen LogP contribution in [0.2, 0.25) is 5.02 Å². The number of aromatic nitrogens is 4. The minimum Gasteiger partial charge on any atom is -0.460 e. The van der Waals surface area contributed by atoms with Crippen LogP contribution in [0.3, 0.4) is 0 Å². The highest BCUT2D eigenvalue weighted by Gasteiger charge is 2.14. The highest BCUT2D eigenvalue weighted by Crippen LogP contribution is 2.06. The molecule has 0 aliphatic rings. The van der Waals surface area contributed by atoms with Gasteiger partial charge in [-0.15, -0.1) is 5.10 Å². The summed E-state index contributed by atoms with van der Waals surface area (Å²) >= 11 is 5.70. The lowest BCUT2D eigenvalue weighted by molar-refractivity contribution is 0.0512. The maximum atomic E-state index is 11.3. The van der Waals surface area contributed by atoms with E-state index in [0.717, 1.165) is 0 Å². The minimum atomic E-state index is -0.570. The van der Waals surface area contributed by atoms with Crippen molar-refractivity contribution in [2.45, 2.75) is 6.92 Å². The molecule has 78 valence electrons. The van der Waals surface area contributed by atoms with Gasteiger partial charge < -0.3 is 4.74 Å². The summed E-state index contributed by atoms with van der Waals surface area (Å²) in [5, 5.41) is 4.30. The standard InChI is InChI=1S/C8H7ClN4O2/c1-2-15-7(14)6-11-8-10-3-5(9)4-13(8)12-6/h3-4H,2H2,1H3. The van der Waals surface area contributed by atoms with Crippen molar-refractivity contribution in [2.24, 2.45) is 0 Å². The fourth-order valence-electron chi connectivity index (χ4n) is 1.04. The van der Waals surface area contributed by atoms with Crippen LogP contribution in [-0.4, -0.2) is 32.2 Å². The molecule has 0 radical (unpaired) electrons. The topological polar surface area (TPSA) is 69.4 Å². The number of ether oxygens (including phenoxy) is 1. The molecule has 0 saturated carbocycles. The largest absolute Gasteiger partial charge is 0.460 e. The van der Waals surface area contributed by atoms with Crippen molar-refractivity contribution in [3.05, 3.63) is 23.2 Å². The molecule has 6 nitrogen and oxygen atoms in total. The number of nitrogens with zero attached hydrogens (tertiary/aromatic N) is 4. The third kappa shape index (κ3) is 1.89. The summed E-state index contributed by atoms with van der Waals surface area (Å²) in [5.41, 5.74) is 0. The molecule has 15 heavy (non-hydrogen) atoms. The molecule has 0 atom stereocenters. The second kappa shape index (κ2) is 3.82. The first-order valence-electron chi connectivity index (χ1n) is 4.25. The van der Waals surface area contributed by atoms with Crippen LogP contribution in [-0.2, 0) is 4.74 Å². The lowest BCUT2D eigenvalue weighted by Crippen LogP contribution is -2.06. The van der Waals surface area contributed by atoms with Crippen molar-refractivity contribution in [2.75, 3.05) is 6.61 Å². The molecule has 0 N–H and O–H groups in total. The van der Waals surface area contributed by atoms with Gasteiger partial charge in [0.2, 0.25) is 0 Å². The van der Waals surface area contributed by atoms with Crippen molar-refractivity contribution >= 4 is 23.3 Å². The van der Waals surface area contributed by atoms with Crippen LogP contribution in [0.15, 0.2) is 12.4 Å². The minimum absolute atomic E-state index is 0.0217. The molecule has 0 spiro atoms. The summed E-state index contributed by atoms with van der Waals surface area (Å²) < 4.78 is 6.08. The van der Waals surface area contributed by atoms with E-state index in [1.54, 1.807) is 6.92 Å². The highest BCUT2D eigenvalue weighted by atomic mass is 35.5. The number of rotatable bonds is 2. The van der Waals surface area contributed by atoms with E-state index in [2.05, 4.69) is 15.1 Å². The van der Waals surface area contributed by atoms with Crippen molar-refractivity contribution < 1.29 is 9.53 Å². The Bertz CT molecular complexity index is 510. The van der Waals surface area contributed by atoms with Gasteiger partial charge in [0.1, 0.15) is 0 Å². The molecule has 2 heterocycles. The van der Waals surface area contributed by atoms with E-state index < -0.39 is 5.97 Å². The molecule has 7 heteroatoms. The van der Waals surface area contributed by atoms with Gasteiger partial charge in [-0.1, -0.05) is 11.6 Å². The van der Waals surface area contributed by atoms with Gasteiger partial charge in [-0.3, -0.25) is 0 Å². The molecule has 0 aromatic carbocycles. The number of esters is 1. The smallest absolute Gasteiger partial charge is 0.378 e. The monoisotopic (exact) mass is 226 g/mol. The first-order valence-corrected chi connectivity index (χ1v) is 4.63. The summed E-state index contributed by atoms with van der Waals surface area (Å²) in [6.07, 6.45) is 2.94. The van der Waals surface area contributed by atoms with Gasteiger partial charge in [0.05, 0.1) is 24.0 Å². The summed E-state index contributed by atoms with van der Waals surface area (Å²) in [6, 6.07) is 0. The second-order valence-electron chi connectivity index (χ2n) is 2.67. The molecule has 2 rings (SSSR count). The van der Waals surface area contributed by atoms with E-state index in [4.69, 9.17) is 16.3 Å². The average Bonchev–Trinajstić information content (AvgIpc) is 2.60. The Hall–Kier alpha value is -1.69. The number of hydrogen-bond donors (Lipinski definition) is 0. The maximum absolute atomic E-state index is 11.3. The van der Waals surface area contributed by atoms with Crippen molar-refractivity contribution in [3.63, 3.8) is 0 Å². The summed E-state index contributed by atoms with van der Waals surface area (Å²) in [7, 11) is 0. The van der Waals surface area contributed by atoms with E-state index in [-0.39, 0.29) is 12.4 Å². The van der Waals surface area contributed by atoms with E-state index in [9.17, 15) is 4.79 Å². The third-order valence-electron chi connectivity index (χ3n) is 1.62. The van der Waals surface area contributed by atoms with Gasteiger partial charge in [0.25, 0.3) is 11.6 Å². The van der Waals surface area contributed by atoms with Crippen LogP contribution < -0.4 is 0 Å². The van der Waals surface area contributed by atoms with Gasteiger partial charge in [-0.2, -0.15) is 4.98 Å². The van der Waals surface area contributed by atoms with Crippen LogP contribution >= 0.6 is 11.6 Å². The number of carbonyl (C=O) groups is 1. The first-order chi connectivity index (χ1) is 7.20. The quantitative estimate of drug-likeness (QED) is 0.714. The summed E-state index contributed by atoms with van der Waals surface area (Å²) in [4.78, 5) is 19.1. The maximum Gasteiger partial charge on any atom is 0.378 e. The van der Waals surface area contributed by atoms with E-state index in [1.807, 2.05) is 0 Å². The van der Waals surface area contributed by atoms with Crippen molar-refractivity contribution in [3.8, 4) is 0 Å². The number of halogens is 1. The van der Waals surface area contributed by atoms with Gasteiger partial charge >= 0.3 is 5.97 Å². The molecule has 0 aliphatic heterocycles. The van der Waals surface area contributed by atoms with Crippen LogP contribution in [0, 0.1) is 0 Å². The number of fused-ring (bicyclic) bond motifs is 1. The number of carbonyl (C=O) groups excluding carboxylic acids is 1. The van der Waals surface area contributed by atoms with Crippen LogP contribution in [0.4, 0.5) is 0 Å². The first kappa shape index (κ1) is 9.85. The third-order valence-corrected chi connectivity index (χ3v) is 1.82. The van der Waals surface area contributed by atoms with Crippen molar-refractivity contribution in [1.82, 2.24) is 19.6 Å². The van der Waals surface area contributed by atoms with E-state index in [1.165, 1.54) is 16.9 Å². The zero-order valence-corrected chi connectivity index (χ0v) is 8.60. The fraction of sp³-hybridized carbons (Fsp3) is 0.250. The molecule has 0 bridgehead atoms. The molecular weight excluding hydrogens is 220 g/mol. The van der Waals surface area contributed by atoms with Gasteiger partial charge in [-0.25, -0.2) is 14.3 Å². The van der Waals surface area contributed by atoms with E-state index >= 15 is 0 Å². The van der Waals surface area contributed by atoms with Gasteiger partial charge in [-0.05, 0) is 6.92 Å². The van der Waals surface area contributed by atoms with E-state index in [0.29, 0.717) is 10.8 Å². The van der Waals surface area contributed by atoms with Crippen molar-refractivity contribution in [1.29, 1.82) is 0 Å². The summed E-state index contributed by atoms with van der Waals surface area (Å²) in [6.45, 7) is 1.99. The Morgan fingerprint density at radius 3 is 3.20 bits per heavy atom. The Morgan fingerprint density at radius 1 is 1.67 bits per heavy atom. The Morgan fingerprint density at radius 2 is 2.47 bits per heavy atom. The molecule has 0 aliphatic carbocycles. The zero-order valence-electron chi connectivity index (χ0n) is 7.85. The average molecular weight is 227 g/mol. The molecule has 2 aromatic heterocycles. The fourth-order valence-corrected chi connectivity index (χ4v) is 1.18. The SMILES string of the molecule is CCOC(=O)c1nc2ncc(Cl)cn2n1. The Balaban J connectivity index is 2.42. The molecule has 0 amide bonds. The van der Waals surface area contributed by atoms with Crippen LogP contribution in [0.25, 0.3) is 5.78 Å². The second-order valence-corrected chi connectivity index (χ2v) is 3.11. The van der Waals surface area contributed by atoms with Gasteiger partial charge in [0, 0.05) is 0 Å². The molecule has 0 unspecified atom stereocenters. The summed E-state index contributed by atoms with van der Waals surface area (Å²) in [5.74, 6) is -0.284.